The first-order valence-electron chi connectivity index (χ1n) is 8.83. The van der Waals surface area contributed by atoms with Crippen LogP contribution in [-0.4, -0.2) is 49.3 Å². The summed E-state index contributed by atoms with van der Waals surface area (Å²) >= 11 is 7.62. The van der Waals surface area contributed by atoms with Crippen molar-refractivity contribution in [1.82, 2.24) is 29.7 Å². The zero-order valence-electron chi connectivity index (χ0n) is 15.8. The lowest BCUT2D eigenvalue weighted by Gasteiger charge is -2.10. The number of carbonyl (C=O) groups is 1. The van der Waals surface area contributed by atoms with Crippen LogP contribution in [0.2, 0.25) is 5.02 Å². The maximum absolute atomic E-state index is 11.7. The van der Waals surface area contributed by atoms with E-state index in [1.165, 1.54) is 0 Å². The van der Waals surface area contributed by atoms with Gasteiger partial charge in [-0.05, 0) is 12.1 Å². The largest absolute Gasteiger partial charge is 0.325 e. The van der Waals surface area contributed by atoms with E-state index in [0.29, 0.717) is 29.4 Å². The van der Waals surface area contributed by atoms with Gasteiger partial charge in [0.2, 0.25) is 0 Å². The molecule has 1 N–H and O–H groups in total. The van der Waals surface area contributed by atoms with E-state index in [-0.39, 0.29) is 0 Å². The van der Waals surface area contributed by atoms with Crippen LogP contribution in [0.1, 0.15) is 32.4 Å². The maximum atomic E-state index is 11.7. The Kier molecular flexibility index (Phi) is 5.41. The van der Waals surface area contributed by atoms with Gasteiger partial charge < -0.3 is 4.57 Å². The van der Waals surface area contributed by atoms with E-state index in [1.54, 1.807) is 39.5 Å². The summed E-state index contributed by atoms with van der Waals surface area (Å²) in [5.74, 6) is 0. The molecule has 0 amide bonds. The molecule has 4 rings (SSSR count). The number of halogens is 1. The summed E-state index contributed by atoms with van der Waals surface area (Å²) in [5, 5.41) is 14.5. The Morgan fingerprint density at radius 3 is 2.97 bits per heavy atom. The Hall–Kier alpha value is -3.04. The van der Waals surface area contributed by atoms with Crippen molar-refractivity contribution in [1.29, 1.82) is 0 Å². The molecule has 4 aromatic rings. The minimum absolute atomic E-state index is 0.443. The van der Waals surface area contributed by atoms with Gasteiger partial charge in [-0.15, -0.1) is 11.3 Å². The zero-order chi connectivity index (χ0) is 20.4. The van der Waals surface area contributed by atoms with Crippen molar-refractivity contribution < 1.29 is 4.79 Å². The van der Waals surface area contributed by atoms with Gasteiger partial charge in [0, 0.05) is 44.2 Å². The molecule has 4 heterocycles. The molecule has 0 saturated heterocycles. The van der Waals surface area contributed by atoms with Crippen LogP contribution in [0.25, 0.3) is 10.3 Å². The SMILES string of the molecule is CN(Cc1n[nH]cc1Cl)/N=C\c1c(C=O)n(C)c2nc(Cc3ccccn3)sc12. The zero-order valence-corrected chi connectivity index (χ0v) is 17.4. The van der Waals surface area contributed by atoms with Crippen molar-refractivity contribution in [3.63, 3.8) is 0 Å². The van der Waals surface area contributed by atoms with Gasteiger partial charge in [-0.2, -0.15) is 10.2 Å². The summed E-state index contributed by atoms with van der Waals surface area (Å²) in [6.07, 6.45) is 6.56. The van der Waals surface area contributed by atoms with Gasteiger partial charge in [-0.25, -0.2) is 4.98 Å². The van der Waals surface area contributed by atoms with Gasteiger partial charge in [0.1, 0.15) is 10.7 Å². The normalized spacial score (nSPS) is 11.6. The third-order valence-electron chi connectivity index (χ3n) is 4.45. The fourth-order valence-corrected chi connectivity index (χ4v) is 4.28. The summed E-state index contributed by atoms with van der Waals surface area (Å²) in [6, 6.07) is 5.82. The van der Waals surface area contributed by atoms with E-state index in [2.05, 4.69) is 20.3 Å². The van der Waals surface area contributed by atoms with Crippen molar-refractivity contribution in [3.05, 3.63) is 63.3 Å². The second kappa shape index (κ2) is 8.14. The van der Waals surface area contributed by atoms with Gasteiger partial charge in [0.05, 0.1) is 28.2 Å². The molecule has 0 bridgehead atoms. The minimum atomic E-state index is 0.443. The predicted octanol–water partition coefficient (Wildman–Crippen LogP) is 3.28. The van der Waals surface area contributed by atoms with E-state index < -0.39 is 0 Å². The Morgan fingerprint density at radius 1 is 1.41 bits per heavy atom. The molecule has 29 heavy (non-hydrogen) atoms. The average Bonchev–Trinajstić information content (AvgIpc) is 3.37. The molecule has 0 spiro atoms. The Balaban J connectivity index is 1.63. The molecule has 0 aliphatic carbocycles. The quantitative estimate of drug-likeness (QED) is 0.277. The van der Waals surface area contributed by atoms with Gasteiger partial charge >= 0.3 is 0 Å². The Bertz CT molecular complexity index is 1180. The number of fused-ring (bicyclic) bond motifs is 1. The van der Waals surface area contributed by atoms with E-state index in [1.807, 2.05) is 32.3 Å². The predicted molar refractivity (Wildman–Crippen MR) is 114 cm³/mol. The fourth-order valence-electron chi connectivity index (χ4n) is 3.00. The monoisotopic (exact) mass is 427 g/mol. The number of hydrogen-bond acceptors (Lipinski definition) is 7. The van der Waals surface area contributed by atoms with Gasteiger partial charge in [0.15, 0.2) is 11.9 Å². The van der Waals surface area contributed by atoms with E-state index in [4.69, 9.17) is 16.6 Å². The number of carbonyl (C=O) groups excluding carboxylic acids is 1. The molecule has 8 nitrogen and oxygen atoms in total. The summed E-state index contributed by atoms with van der Waals surface area (Å²) in [7, 11) is 3.66. The first-order chi connectivity index (χ1) is 14.1. The second-order valence-electron chi connectivity index (χ2n) is 6.47. The number of H-pyrrole nitrogens is 1. The number of hydrazone groups is 1. The number of aldehydes is 1. The van der Waals surface area contributed by atoms with Crippen LogP contribution in [0.3, 0.4) is 0 Å². The molecular weight excluding hydrogens is 410 g/mol. The highest BCUT2D eigenvalue weighted by molar-refractivity contribution is 7.19. The summed E-state index contributed by atoms with van der Waals surface area (Å²) in [6.45, 7) is 0.443. The third-order valence-corrected chi connectivity index (χ3v) is 5.86. The van der Waals surface area contributed by atoms with Crippen molar-refractivity contribution in [2.45, 2.75) is 13.0 Å². The van der Waals surface area contributed by atoms with Crippen molar-refractivity contribution in [3.8, 4) is 0 Å². The first-order valence-corrected chi connectivity index (χ1v) is 10.0. The van der Waals surface area contributed by atoms with Gasteiger partial charge in [0.25, 0.3) is 0 Å². The van der Waals surface area contributed by atoms with Crippen molar-refractivity contribution in [2.24, 2.45) is 12.1 Å². The minimum Gasteiger partial charge on any atom is -0.325 e. The van der Waals surface area contributed by atoms with Crippen LogP contribution < -0.4 is 0 Å². The highest BCUT2D eigenvalue weighted by Gasteiger charge is 2.18. The number of thiazole rings is 1. The van der Waals surface area contributed by atoms with Crippen molar-refractivity contribution in [2.75, 3.05) is 7.05 Å². The number of nitrogens with zero attached hydrogens (tertiary/aromatic N) is 6. The average molecular weight is 428 g/mol. The number of aryl methyl sites for hydroxylation is 1. The van der Waals surface area contributed by atoms with Gasteiger partial charge in [-0.3, -0.25) is 19.9 Å². The van der Waals surface area contributed by atoms with Gasteiger partial charge in [-0.1, -0.05) is 17.7 Å². The molecule has 10 heteroatoms. The molecule has 0 saturated carbocycles. The highest BCUT2D eigenvalue weighted by Crippen LogP contribution is 2.30. The lowest BCUT2D eigenvalue weighted by atomic mass is 10.3. The maximum Gasteiger partial charge on any atom is 0.167 e. The molecular formula is C19H18ClN7OS. The summed E-state index contributed by atoms with van der Waals surface area (Å²) in [4.78, 5) is 20.7. The van der Waals surface area contributed by atoms with E-state index in [0.717, 1.165) is 32.9 Å². The molecule has 0 aliphatic rings. The van der Waals surface area contributed by atoms with E-state index >= 15 is 0 Å². The lowest BCUT2D eigenvalue weighted by molar-refractivity contribution is 0.111. The lowest BCUT2D eigenvalue weighted by Crippen LogP contribution is -2.11. The van der Waals surface area contributed by atoms with Crippen LogP contribution in [-0.2, 0) is 20.0 Å². The second-order valence-corrected chi connectivity index (χ2v) is 7.96. The number of hydrogen-bond donors (Lipinski definition) is 1. The smallest absolute Gasteiger partial charge is 0.167 e. The highest BCUT2D eigenvalue weighted by atomic mass is 35.5. The first kappa shape index (κ1) is 19.3. The molecule has 0 aromatic carbocycles. The standard InChI is InChI=1S/C19H18ClN7OS/c1-26(10-15-14(20)9-22-25-15)23-8-13-16(11-28)27(2)19-18(13)29-17(24-19)7-12-5-3-4-6-21-12/h3-6,8-9,11H,7,10H2,1-2H3,(H,22,25)/b23-8-. The van der Waals surface area contributed by atoms with Crippen LogP contribution in [0.15, 0.2) is 35.7 Å². The number of rotatable bonds is 7. The third kappa shape index (κ3) is 3.92. The van der Waals surface area contributed by atoms with E-state index in [9.17, 15) is 4.79 Å². The fraction of sp³-hybridized carbons (Fsp3) is 0.211. The Labute approximate surface area is 175 Å². The molecule has 0 radical (unpaired) electrons. The molecule has 0 unspecified atom stereocenters. The number of nitrogens with one attached hydrogen (secondary N) is 1. The van der Waals surface area contributed by atoms with Crippen LogP contribution in [0.4, 0.5) is 0 Å². The number of aromatic nitrogens is 5. The molecule has 4 aromatic heterocycles. The number of pyridine rings is 1. The topological polar surface area (TPSA) is 92.1 Å². The molecule has 0 atom stereocenters. The molecule has 148 valence electrons. The van der Waals surface area contributed by atoms with Crippen molar-refractivity contribution >= 4 is 45.8 Å². The number of aromatic amines is 1. The van der Waals surface area contributed by atoms with Crippen LogP contribution in [0.5, 0.6) is 0 Å². The molecule has 0 fully saturated rings. The molecule has 0 aliphatic heterocycles. The summed E-state index contributed by atoms with van der Waals surface area (Å²) < 4.78 is 2.72. The summed E-state index contributed by atoms with van der Waals surface area (Å²) in [5.41, 5.74) is 3.71. The Morgan fingerprint density at radius 2 is 2.28 bits per heavy atom. The van der Waals surface area contributed by atoms with Crippen LogP contribution >= 0.6 is 22.9 Å². The van der Waals surface area contributed by atoms with Crippen LogP contribution in [0, 0.1) is 0 Å².